The molecular formula is C12H17ClN4O2. The van der Waals surface area contributed by atoms with Crippen LogP contribution in [0.3, 0.4) is 0 Å². The molecule has 19 heavy (non-hydrogen) atoms. The van der Waals surface area contributed by atoms with Crippen molar-refractivity contribution >= 4 is 23.3 Å². The summed E-state index contributed by atoms with van der Waals surface area (Å²) < 4.78 is 0. The maximum Gasteiger partial charge on any atom is 0.171 e. The normalized spacial score (nSPS) is 20.6. The Kier molecular flexibility index (Phi) is 4.44. The number of hydrogen-bond donors (Lipinski definition) is 3. The predicted octanol–water partition coefficient (Wildman–Crippen LogP) is 1.04. The molecule has 2 heterocycles. The zero-order valence-corrected chi connectivity index (χ0v) is 11.2. The molecule has 0 amide bonds. The lowest BCUT2D eigenvalue weighted by molar-refractivity contribution is 0.208. The van der Waals surface area contributed by atoms with Gasteiger partial charge in [0.2, 0.25) is 0 Å². The average Bonchev–Trinajstić information content (AvgIpc) is 2.46. The minimum absolute atomic E-state index is 0.0376. The van der Waals surface area contributed by atoms with Gasteiger partial charge in [-0.15, -0.1) is 0 Å². The van der Waals surface area contributed by atoms with E-state index >= 15 is 0 Å². The number of aromatic nitrogens is 1. The number of anilines is 1. The summed E-state index contributed by atoms with van der Waals surface area (Å²) in [6, 6.07) is 1.61. The minimum Gasteiger partial charge on any atom is -0.409 e. The van der Waals surface area contributed by atoms with E-state index in [2.05, 4.69) is 10.1 Å². The lowest BCUT2D eigenvalue weighted by atomic mass is 9.99. The van der Waals surface area contributed by atoms with Crippen LogP contribution < -0.4 is 10.6 Å². The molecule has 1 aromatic heterocycles. The average molecular weight is 285 g/mol. The molecule has 1 aliphatic rings. The van der Waals surface area contributed by atoms with Gasteiger partial charge in [0, 0.05) is 31.5 Å². The molecule has 1 unspecified atom stereocenters. The van der Waals surface area contributed by atoms with Gasteiger partial charge in [0.15, 0.2) is 5.84 Å². The predicted molar refractivity (Wildman–Crippen MR) is 73.8 cm³/mol. The fourth-order valence-electron chi connectivity index (χ4n) is 2.31. The zero-order valence-electron chi connectivity index (χ0n) is 10.5. The van der Waals surface area contributed by atoms with E-state index in [1.807, 2.05) is 4.90 Å². The molecule has 1 atom stereocenters. The molecule has 1 saturated heterocycles. The summed E-state index contributed by atoms with van der Waals surface area (Å²) in [5.74, 6) is 0.812. The van der Waals surface area contributed by atoms with Gasteiger partial charge in [-0.25, -0.2) is 4.98 Å². The quantitative estimate of drug-likeness (QED) is 0.334. The fourth-order valence-corrected chi connectivity index (χ4v) is 2.64. The van der Waals surface area contributed by atoms with E-state index in [4.69, 9.17) is 22.5 Å². The van der Waals surface area contributed by atoms with Gasteiger partial charge >= 0.3 is 0 Å². The Morgan fingerprint density at radius 2 is 2.42 bits per heavy atom. The number of halogens is 1. The molecule has 0 spiro atoms. The maximum atomic E-state index is 9.25. The number of rotatable bonds is 3. The van der Waals surface area contributed by atoms with Crippen LogP contribution in [0.2, 0.25) is 5.02 Å². The third-order valence-electron chi connectivity index (χ3n) is 3.33. The van der Waals surface area contributed by atoms with Gasteiger partial charge in [0.05, 0.1) is 5.02 Å². The van der Waals surface area contributed by atoms with Gasteiger partial charge < -0.3 is 20.9 Å². The van der Waals surface area contributed by atoms with E-state index in [0.29, 0.717) is 22.9 Å². The van der Waals surface area contributed by atoms with Crippen molar-refractivity contribution < 1.29 is 10.3 Å². The number of oxime groups is 1. The van der Waals surface area contributed by atoms with Crippen molar-refractivity contribution in [2.45, 2.75) is 12.8 Å². The summed E-state index contributed by atoms with van der Waals surface area (Å²) in [6.07, 6.45) is 3.57. The van der Waals surface area contributed by atoms with E-state index in [-0.39, 0.29) is 18.4 Å². The highest BCUT2D eigenvalue weighted by molar-refractivity contribution is 6.36. The molecule has 0 aliphatic carbocycles. The van der Waals surface area contributed by atoms with Crippen LogP contribution in [0.25, 0.3) is 0 Å². The first-order chi connectivity index (χ1) is 9.17. The van der Waals surface area contributed by atoms with E-state index < -0.39 is 0 Å². The molecule has 104 valence electrons. The van der Waals surface area contributed by atoms with Gasteiger partial charge in [-0.05, 0) is 24.8 Å². The highest BCUT2D eigenvalue weighted by Gasteiger charge is 2.23. The minimum atomic E-state index is -0.0376. The van der Waals surface area contributed by atoms with Gasteiger partial charge in [-0.2, -0.15) is 0 Å². The number of pyridine rings is 1. The van der Waals surface area contributed by atoms with E-state index in [1.54, 1.807) is 12.3 Å². The SMILES string of the molecule is N/C(=N/O)c1ccnc(N2CCCC(CO)C2)c1Cl. The lowest BCUT2D eigenvalue weighted by Crippen LogP contribution is -2.37. The molecule has 7 heteroatoms. The van der Waals surface area contributed by atoms with Gasteiger partial charge in [0.1, 0.15) is 5.82 Å². The van der Waals surface area contributed by atoms with Crippen LogP contribution in [0.5, 0.6) is 0 Å². The molecule has 1 aromatic rings. The summed E-state index contributed by atoms with van der Waals surface area (Å²) in [4.78, 5) is 6.30. The molecule has 1 aliphatic heterocycles. The summed E-state index contributed by atoms with van der Waals surface area (Å²) in [6.45, 7) is 1.71. The van der Waals surface area contributed by atoms with Crippen molar-refractivity contribution in [1.29, 1.82) is 0 Å². The summed E-state index contributed by atoms with van der Waals surface area (Å²) >= 11 is 6.27. The van der Waals surface area contributed by atoms with Crippen LogP contribution in [-0.4, -0.2) is 40.8 Å². The number of hydrogen-bond acceptors (Lipinski definition) is 5. The standard InChI is InChI=1S/C12H17ClN4O2/c13-10-9(11(14)16-19)3-4-15-12(10)17-5-1-2-8(6-17)7-18/h3-4,8,18-19H,1-2,5-7H2,(H2,14,16). The van der Waals surface area contributed by atoms with Gasteiger partial charge in [-0.1, -0.05) is 16.8 Å². The fraction of sp³-hybridized carbons (Fsp3) is 0.500. The van der Waals surface area contributed by atoms with E-state index in [1.165, 1.54) is 0 Å². The molecule has 1 fully saturated rings. The first kappa shape index (κ1) is 13.9. The summed E-state index contributed by atoms with van der Waals surface area (Å²) in [7, 11) is 0. The second kappa shape index (κ2) is 6.08. The molecule has 0 saturated carbocycles. The smallest absolute Gasteiger partial charge is 0.171 e. The Labute approximate surface area is 116 Å². The molecule has 2 rings (SSSR count). The lowest BCUT2D eigenvalue weighted by Gasteiger charge is -2.33. The van der Waals surface area contributed by atoms with Crippen LogP contribution in [-0.2, 0) is 0 Å². The number of amidine groups is 1. The topological polar surface area (TPSA) is 95.0 Å². The molecule has 0 bridgehead atoms. The maximum absolute atomic E-state index is 9.25. The highest BCUT2D eigenvalue weighted by Crippen LogP contribution is 2.30. The third kappa shape index (κ3) is 2.90. The molecule has 4 N–H and O–H groups in total. The van der Waals surface area contributed by atoms with Crippen LogP contribution in [0.4, 0.5) is 5.82 Å². The Balaban J connectivity index is 2.30. The zero-order chi connectivity index (χ0) is 13.8. The number of nitrogens with zero attached hydrogens (tertiary/aromatic N) is 3. The van der Waals surface area contributed by atoms with Crippen LogP contribution in [0.1, 0.15) is 18.4 Å². The molecule has 6 nitrogen and oxygen atoms in total. The van der Waals surface area contributed by atoms with Gasteiger partial charge in [-0.3, -0.25) is 0 Å². The first-order valence-electron chi connectivity index (χ1n) is 6.15. The molecule has 0 radical (unpaired) electrons. The van der Waals surface area contributed by atoms with Crippen molar-refractivity contribution in [2.24, 2.45) is 16.8 Å². The monoisotopic (exact) mass is 284 g/mol. The number of nitrogens with two attached hydrogens (primary N) is 1. The van der Waals surface area contributed by atoms with Crippen molar-refractivity contribution in [3.8, 4) is 0 Å². The number of piperidine rings is 1. The van der Waals surface area contributed by atoms with E-state index in [9.17, 15) is 5.11 Å². The van der Waals surface area contributed by atoms with Crippen molar-refractivity contribution in [3.63, 3.8) is 0 Å². The van der Waals surface area contributed by atoms with Crippen LogP contribution in [0.15, 0.2) is 17.4 Å². The highest BCUT2D eigenvalue weighted by atomic mass is 35.5. The number of aliphatic hydroxyl groups excluding tert-OH is 1. The summed E-state index contributed by atoms with van der Waals surface area (Å²) in [5, 5.41) is 21.3. The van der Waals surface area contributed by atoms with Gasteiger partial charge in [0.25, 0.3) is 0 Å². The molecule has 0 aromatic carbocycles. The van der Waals surface area contributed by atoms with Crippen molar-refractivity contribution in [3.05, 3.63) is 22.8 Å². The van der Waals surface area contributed by atoms with Crippen molar-refractivity contribution in [2.75, 3.05) is 24.6 Å². The largest absolute Gasteiger partial charge is 0.409 e. The second-order valence-corrected chi connectivity index (χ2v) is 5.00. The third-order valence-corrected chi connectivity index (χ3v) is 3.70. The van der Waals surface area contributed by atoms with E-state index in [0.717, 1.165) is 19.4 Å². The Morgan fingerprint density at radius 3 is 3.11 bits per heavy atom. The Bertz CT molecular complexity index is 481. The number of aliphatic hydroxyl groups is 1. The Morgan fingerprint density at radius 1 is 1.63 bits per heavy atom. The Hall–Kier alpha value is -1.53. The summed E-state index contributed by atoms with van der Waals surface area (Å²) in [5.41, 5.74) is 6.03. The first-order valence-corrected chi connectivity index (χ1v) is 6.53. The molecular weight excluding hydrogens is 268 g/mol. The van der Waals surface area contributed by atoms with Crippen LogP contribution >= 0.6 is 11.6 Å². The van der Waals surface area contributed by atoms with Crippen LogP contribution in [0, 0.1) is 5.92 Å². The second-order valence-electron chi connectivity index (χ2n) is 4.62. The van der Waals surface area contributed by atoms with Crippen molar-refractivity contribution in [1.82, 2.24) is 4.98 Å².